The minimum absolute atomic E-state index is 0.430. The molecule has 0 saturated heterocycles. The minimum Gasteiger partial charge on any atom is -0.491 e. The molecule has 1 aromatic carbocycles. The van der Waals surface area contributed by atoms with Crippen LogP contribution in [-0.4, -0.2) is 171 Å². The predicted molar refractivity (Wildman–Crippen MR) is 237 cm³/mol. The van der Waals surface area contributed by atoms with Crippen LogP contribution < -0.4 is 4.74 Å². The topological polar surface area (TPSA) is 137 Å². The third kappa shape index (κ3) is 46.0. The number of ether oxygens (including phenoxy) is 13. The van der Waals surface area contributed by atoms with E-state index in [-0.39, 0.29) is 0 Å². The Morgan fingerprint density at radius 1 is 0.295 bits per heavy atom. The fraction of sp³-hybridized carbons (Fsp3) is 0.851. The molecule has 14 heteroatoms. The molecule has 1 rings (SSSR count). The average molecular weight is 875 g/mol. The molecule has 0 saturated carbocycles. The lowest BCUT2D eigenvalue weighted by Crippen LogP contribution is -2.15. The zero-order valence-electron chi connectivity index (χ0n) is 38.2. The molecule has 0 aromatic heterocycles. The first-order chi connectivity index (χ1) is 30.4. The maximum Gasteiger partial charge on any atom is 0.150 e. The molecule has 358 valence electrons. The van der Waals surface area contributed by atoms with Crippen molar-refractivity contribution in [2.24, 2.45) is 0 Å². The number of hydrogen-bond acceptors (Lipinski definition) is 14. The van der Waals surface area contributed by atoms with Crippen LogP contribution in [0.2, 0.25) is 0 Å². The smallest absolute Gasteiger partial charge is 0.150 e. The molecule has 0 amide bonds. The van der Waals surface area contributed by atoms with Gasteiger partial charge in [-0.05, 0) is 30.7 Å². The van der Waals surface area contributed by atoms with Gasteiger partial charge in [0, 0.05) is 12.2 Å². The van der Waals surface area contributed by atoms with Crippen molar-refractivity contribution < 1.29 is 66.4 Å². The summed E-state index contributed by atoms with van der Waals surface area (Å²) in [6.07, 6.45) is 20.0. The molecule has 1 aromatic rings. The number of aldehydes is 1. The molecular formula is C47H86O14. The van der Waals surface area contributed by atoms with Gasteiger partial charge < -0.3 is 61.6 Å². The summed E-state index contributed by atoms with van der Waals surface area (Å²) in [4.78, 5) is 10.7. The lowest BCUT2D eigenvalue weighted by molar-refractivity contribution is -0.0285. The highest BCUT2D eigenvalue weighted by atomic mass is 16.6. The molecule has 0 heterocycles. The van der Waals surface area contributed by atoms with Gasteiger partial charge in [-0.25, -0.2) is 0 Å². The second-order valence-electron chi connectivity index (χ2n) is 14.5. The van der Waals surface area contributed by atoms with Crippen molar-refractivity contribution in [3.8, 4) is 5.75 Å². The number of carbonyl (C=O) groups excluding carboxylic acids is 1. The van der Waals surface area contributed by atoms with Gasteiger partial charge in [-0.2, -0.15) is 0 Å². The Hall–Kier alpha value is -1.79. The molecular weight excluding hydrogens is 789 g/mol. The summed E-state index contributed by atoms with van der Waals surface area (Å²) >= 11 is 0. The first kappa shape index (κ1) is 57.2. The van der Waals surface area contributed by atoms with Gasteiger partial charge in [-0.15, -0.1) is 0 Å². The van der Waals surface area contributed by atoms with Crippen LogP contribution in [0.15, 0.2) is 24.3 Å². The molecule has 0 fully saturated rings. The molecule has 0 N–H and O–H groups in total. The van der Waals surface area contributed by atoms with E-state index in [1.165, 1.54) is 83.5 Å². The Kier molecular flexibility index (Phi) is 47.7. The van der Waals surface area contributed by atoms with E-state index in [1.807, 2.05) is 0 Å². The quantitative estimate of drug-likeness (QED) is 0.0470. The van der Waals surface area contributed by atoms with E-state index in [2.05, 4.69) is 6.92 Å². The first-order valence-electron chi connectivity index (χ1n) is 23.5. The van der Waals surface area contributed by atoms with Gasteiger partial charge in [0.25, 0.3) is 0 Å². The second-order valence-corrected chi connectivity index (χ2v) is 14.5. The van der Waals surface area contributed by atoms with Crippen molar-refractivity contribution in [1.82, 2.24) is 0 Å². The standard InChI is InChI=1S/C47H86O14/c1-2-3-4-5-6-7-8-9-10-11-12-13-14-15-20-49-21-22-50-23-24-51-25-26-52-27-28-53-29-30-54-31-32-55-33-34-56-35-36-57-37-38-58-39-40-59-41-42-60-43-44-61-47-18-16-46(45-48)17-19-47/h16-19,45H,2-15,20-44H2,1H3. The number of rotatable bonds is 53. The summed E-state index contributed by atoms with van der Waals surface area (Å²) in [5.74, 6) is 0.705. The maximum atomic E-state index is 10.7. The van der Waals surface area contributed by atoms with Gasteiger partial charge in [0.1, 0.15) is 18.6 Å². The molecule has 0 radical (unpaired) electrons. The monoisotopic (exact) mass is 875 g/mol. The Balaban J connectivity index is 1.60. The van der Waals surface area contributed by atoms with Crippen LogP contribution in [0.25, 0.3) is 0 Å². The van der Waals surface area contributed by atoms with Crippen molar-refractivity contribution in [2.45, 2.75) is 96.8 Å². The van der Waals surface area contributed by atoms with Crippen LogP contribution in [0, 0.1) is 0 Å². The van der Waals surface area contributed by atoms with Crippen LogP contribution in [0.1, 0.15) is 107 Å². The third-order valence-corrected chi connectivity index (χ3v) is 9.25. The lowest BCUT2D eigenvalue weighted by Gasteiger charge is -2.09. The summed E-state index contributed by atoms with van der Waals surface area (Å²) in [5, 5.41) is 0. The van der Waals surface area contributed by atoms with Gasteiger partial charge in [0.2, 0.25) is 0 Å². The zero-order valence-corrected chi connectivity index (χ0v) is 38.2. The van der Waals surface area contributed by atoms with Gasteiger partial charge in [-0.1, -0.05) is 90.4 Å². The molecule has 61 heavy (non-hydrogen) atoms. The number of hydrogen-bond donors (Lipinski definition) is 0. The molecule has 0 atom stereocenters. The second kappa shape index (κ2) is 50.9. The van der Waals surface area contributed by atoms with E-state index in [1.54, 1.807) is 24.3 Å². The van der Waals surface area contributed by atoms with E-state index >= 15 is 0 Å². The largest absolute Gasteiger partial charge is 0.491 e. The van der Waals surface area contributed by atoms with Crippen molar-refractivity contribution in [3.05, 3.63) is 29.8 Å². The lowest BCUT2D eigenvalue weighted by atomic mass is 10.0. The third-order valence-electron chi connectivity index (χ3n) is 9.25. The molecule has 14 nitrogen and oxygen atoms in total. The SMILES string of the molecule is CCCCCCCCCCCCCCCCOCCOCCOCCOCCOCCOCCOCCOCCOCCOCCOCCOCCOc1ccc(C=O)cc1. The number of carbonyl (C=O) groups is 1. The number of unbranched alkanes of at least 4 members (excludes halogenated alkanes) is 13. The Morgan fingerprint density at radius 2 is 0.525 bits per heavy atom. The van der Waals surface area contributed by atoms with Gasteiger partial charge in [0.05, 0.1) is 152 Å². The maximum absolute atomic E-state index is 10.7. The van der Waals surface area contributed by atoms with Crippen LogP contribution in [0.5, 0.6) is 5.75 Å². The highest BCUT2D eigenvalue weighted by Gasteiger charge is 1.99. The van der Waals surface area contributed by atoms with E-state index in [0.29, 0.717) is 170 Å². The molecule has 0 aliphatic rings. The molecule has 0 spiro atoms. The summed E-state index contributed by atoms with van der Waals surface area (Å²) in [6.45, 7) is 15.5. The first-order valence-corrected chi connectivity index (χ1v) is 23.5. The molecule has 0 unspecified atom stereocenters. The van der Waals surface area contributed by atoms with Crippen LogP contribution in [0.3, 0.4) is 0 Å². The molecule has 0 aliphatic heterocycles. The normalized spacial score (nSPS) is 11.5. The summed E-state index contributed by atoms with van der Waals surface area (Å²) in [5.41, 5.74) is 0.619. The minimum atomic E-state index is 0.430. The molecule has 0 aliphatic carbocycles. The molecule has 0 bridgehead atoms. The van der Waals surface area contributed by atoms with Crippen LogP contribution >= 0.6 is 0 Å². The zero-order chi connectivity index (χ0) is 43.5. The summed E-state index contributed by atoms with van der Waals surface area (Å²) < 4.78 is 71.9. The van der Waals surface area contributed by atoms with E-state index in [4.69, 9.17) is 61.6 Å². The fourth-order valence-corrected chi connectivity index (χ4v) is 5.78. The van der Waals surface area contributed by atoms with Crippen molar-refractivity contribution in [3.63, 3.8) is 0 Å². The van der Waals surface area contributed by atoms with E-state index in [0.717, 1.165) is 19.3 Å². The van der Waals surface area contributed by atoms with Crippen molar-refractivity contribution >= 4 is 6.29 Å². The van der Waals surface area contributed by atoms with Gasteiger partial charge in [0.15, 0.2) is 0 Å². The van der Waals surface area contributed by atoms with Crippen LogP contribution in [-0.2, 0) is 56.8 Å². The van der Waals surface area contributed by atoms with Gasteiger partial charge in [-0.3, -0.25) is 4.79 Å². The van der Waals surface area contributed by atoms with Crippen molar-refractivity contribution in [1.29, 1.82) is 0 Å². The Morgan fingerprint density at radius 3 is 0.787 bits per heavy atom. The predicted octanol–water partition coefficient (Wildman–Crippen LogP) is 7.56. The van der Waals surface area contributed by atoms with E-state index in [9.17, 15) is 4.79 Å². The highest BCUT2D eigenvalue weighted by Crippen LogP contribution is 2.13. The highest BCUT2D eigenvalue weighted by molar-refractivity contribution is 5.74. The Bertz CT molecular complexity index is 973. The van der Waals surface area contributed by atoms with Crippen LogP contribution in [0.4, 0.5) is 0 Å². The average Bonchev–Trinajstić information content (AvgIpc) is 3.28. The van der Waals surface area contributed by atoms with E-state index < -0.39 is 0 Å². The summed E-state index contributed by atoms with van der Waals surface area (Å²) in [6, 6.07) is 6.95. The Labute approximate surface area is 369 Å². The fourth-order valence-electron chi connectivity index (χ4n) is 5.78. The van der Waals surface area contributed by atoms with Gasteiger partial charge >= 0.3 is 0 Å². The summed E-state index contributed by atoms with van der Waals surface area (Å²) in [7, 11) is 0. The number of benzene rings is 1. The van der Waals surface area contributed by atoms with Crippen molar-refractivity contribution in [2.75, 3.05) is 165 Å².